The average molecular weight is 300 g/mol. The molecule has 2 heterocycles. The molecule has 0 saturated carbocycles. The van der Waals surface area contributed by atoms with Gasteiger partial charge in [-0.1, -0.05) is 6.07 Å². The topological polar surface area (TPSA) is 72.2 Å². The summed E-state index contributed by atoms with van der Waals surface area (Å²) in [5.41, 5.74) is 0.988. The van der Waals surface area contributed by atoms with Crippen molar-refractivity contribution < 1.29 is 9.90 Å². The monoisotopic (exact) mass is 300 g/mol. The fourth-order valence-corrected chi connectivity index (χ4v) is 2.94. The Morgan fingerprint density at radius 1 is 1.43 bits per heavy atom. The van der Waals surface area contributed by atoms with Crippen molar-refractivity contribution >= 4 is 28.2 Å². The van der Waals surface area contributed by atoms with Crippen LogP contribution in [-0.4, -0.2) is 20.6 Å². The van der Waals surface area contributed by atoms with Gasteiger partial charge in [-0.25, -0.2) is 9.78 Å². The summed E-state index contributed by atoms with van der Waals surface area (Å²) in [6.07, 6.45) is 3.13. The van der Waals surface area contributed by atoms with E-state index < -0.39 is 11.4 Å². The molecule has 0 radical (unpaired) electrons. The van der Waals surface area contributed by atoms with Gasteiger partial charge in [0.2, 0.25) is 5.43 Å². The molecule has 21 heavy (non-hydrogen) atoms. The standard InChI is InChI=1S/C15H12N2O3S/c1-2-17-8-11(15(19)20)13(18)10-4-3-9(7-12(10)17)14-16-5-6-21-14/h3-8H,2H2,1H3,(H,19,20). The highest BCUT2D eigenvalue weighted by Crippen LogP contribution is 2.25. The lowest BCUT2D eigenvalue weighted by molar-refractivity contribution is 0.0695. The molecule has 0 amide bonds. The summed E-state index contributed by atoms with van der Waals surface area (Å²) in [5.74, 6) is -1.20. The summed E-state index contributed by atoms with van der Waals surface area (Å²) in [6, 6.07) is 5.35. The average Bonchev–Trinajstić information content (AvgIpc) is 3.01. The number of fused-ring (bicyclic) bond motifs is 1. The Hall–Kier alpha value is -2.47. The molecule has 0 saturated heterocycles. The Morgan fingerprint density at radius 3 is 2.86 bits per heavy atom. The molecule has 106 valence electrons. The minimum absolute atomic E-state index is 0.202. The van der Waals surface area contributed by atoms with Crippen LogP contribution in [-0.2, 0) is 6.54 Å². The molecule has 0 atom stereocenters. The van der Waals surface area contributed by atoms with Crippen LogP contribution in [0, 0.1) is 0 Å². The highest BCUT2D eigenvalue weighted by molar-refractivity contribution is 7.13. The third-order valence-corrected chi connectivity index (χ3v) is 4.15. The Balaban J connectivity index is 2.34. The molecule has 6 heteroatoms. The molecular weight excluding hydrogens is 288 g/mol. The van der Waals surface area contributed by atoms with Gasteiger partial charge in [0.1, 0.15) is 10.6 Å². The van der Waals surface area contributed by atoms with Gasteiger partial charge in [0.15, 0.2) is 0 Å². The minimum atomic E-state index is -1.20. The Labute approximate surface area is 124 Å². The Morgan fingerprint density at radius 2 is 2.24 bits per heavy atom. The molecule has 2 aromatic heterocycles. The van der Waals surface area contributed by atoms with Gasteiger partial charge < -0.3 is 9.67 Å². The van der Waals surface area contributed by atoms with Crippen molar-refractivity contribution in [1.82, 2.24) is 9.55 Å². The van der Waals surface area contributed by atoms with Crippen LogP contribution < -0.4 is 5.43 Å². The zero-order valence-electron chi connectivity index (χ0n) is 11.2. The van der Waals surface area contributed by atoms with Crippen molar-refractivity contribution in [3.8, 4) is 10.6 Å². The summed E-state index contributed by atoms with van der Waals surface area (Å²) < 4.78 is 1.78. The first-order chi connectivity index (χ1) is 10.1. The van der Waals surface area contributed by atoms with Crippen LogP contribution in [0.1, 0.15) is 17.3 Å². The number of carboxylic acids is 1. The third-order valence-electron chi connectivity index (χ3n) is 3.33. The smallest absolute Gasteiger partial charge is 0.341 e. The predicted octanol–water partition coefficient (Wildman–Crippen LogP) is 2.84. The minimum Gasteiger partial charge on any atom is -0.477 e. The first kappa shape index (κ1) is 13.5. The molecule has 3 aromatic rings. The lowest BCUT2D eigenvalue weighted by Crippen LogP contribution is -2.18. The van der Waals surface area contributed by atoms with E-state index in [4.69, 9.17) is 5.11 Å². The summed E-state index contributed by atoms with van der Waals surface area (Å²) in [7, 11) is 0. The normalized spacial score (nSPS) is 10.9. The highest BCUT2D eigenvalue weighted by Gasteiger charge is 2.14. The lowest BCUT2D eigenvalue weighted by atomic mass is 10.1. The van der Waals surface area contributed by atoms with E-state index >= 15 is 0 Å². The van der Waals surface area contributed by atoms with Gasteiger partial charge in [0, 0.05) is 35.3 Å². The maximum absolute atomic E-state index is 12.2. The number of benzene rings is 1. The molecule has 0 aliphatic carbocycles. The van der Waals surface area contributed by atoms with E-state index in [1.807, 2.05) is 18.4 Å². The predicted molar refractivity (Wildman–Crippen MR) is 81.9 cm³/mol. The maximum Gasteiger partial charge on any atom is 0.341 e. The number of pyridine rings is 1. The number of carboxylic acid groups (broad SMARTS) is 1. The van der Waals surface area contributed by atoms with Crippen LogP contribution in [0.5, 0.6) is 0 Å². The van der Waals surface area contributed by atoms with Crippen LogP contribution >= 0.6 is 11.3 Å². The van der Waals surface area contributed by atoms with Crippen molar-refractivity contribution in [3.05, 3.63) is 51.8 Å². The van der Waals surface area contributed by atoms with E-state index in [-0.39, 0.29) is 5.56 Å². The van der Waals surface area contributed by atoms with Crippen molar-refractivity contribution in [3.63, 3.8) is 0 Å². The van der Waals surface area contributed by atoms with Crippen LogP contribution in [0.3, 0.4) is 0 Å². The van der Waals surface area contributed by atoms with Gasteiger partial charge in [-0.2, -0.15) is 0 Å². The number of hydrogen-bond donors (Lipinski definition) is 1. The molecule has 3 rings (SSSR count). The lowest BCUT2D eigenvalue weighted by Gasteiger charge is -2.11. The van der Waals surface area contributed by atoms with Crippen molar-refractivity contribution in [2.75, 3.05) is 0 Å². The molecule has 0 fully saturated rings. The van der Waals surface area contributed by atoms with Gasteiger partial charge >= 0.3 is 5.97 Å². The van der Waals surface area contributed by atoms with Crippen molar-refractivity contribution in [1.29, 1.82) is 0 Å². The number of thiazole rings is 1. The van der Waals surface area contributed by atoms with Gasteiger partial charge in [-0.05, 0) is 19.1 Å². The maximum atomic E-state index is 12.2. The van der Waals surface area contributed by atoms with Crippen molar-refractivity contribution in [2.24, 2.45) is 0 Å². The zero-order valence-corrected chi connectivity index (χ0v) is 12.1. The van der Waals surface area contributed by atoms with E-state index in [0.717, 1.165) is 16.1 Å². The second-order valence-electron chi connectivity index (χ2n) is 4.53. The number of aromatic carboxylic acids is 1. The summed E-state index contributed by atoms with van der Waals surface area (Å²) in [6.45, 7) is 2.49. The van der Waals surface area contributed by atoms with Gasteiger partial charge in [0.05, 0.1) is 5.52 Å². The number of aryl methyl sites for hydroxylation is 1. The fourth-order valence-electron chi connectivity index (χ4n) is 2.30. The van der Waals surface area contributed by atoms with E-state index in [2.05, 4.69) is 4.98 Å². The fraction of sp³-hybridized carbons (Fsp3) is 0.133. The third kappa shape index (κ3) is 2.23. The van der Waals surface area contributed by atoms with Crippen LogP contribution in [0.25, 0.3) is 21.5 Å². The second-order valence-corrected chi connectivity index (χ2v) is 5.43. The SMILES string of the molecule is CCn1cc(C(=O)O)c(=O)c2ccc(-c3nccs3)cc21. The molecule has 0 aliphatic rings. The molecular formula is C15H12N2O3S. The van der Waals surface area contributed by atoms with Gasteiger partial charge in [-0.15, -0.1) is 11.3 Å². The second kappa shape index (κ2) is 5.14. The first-order valence-electron chi connectivity index (χ1n) is 6.42. The molecule has 5 nitrogen and oxygen atoms in total. The van der Waals surface area contributed by atoms with E-state index in [0.29, 0.717) is 11.9 Å². The summed E-state index contributed by atoms with van der Waals surface area (Å²) in [5, 5.41) is 12.3. The van der Waals surface area contributed by atoms with Gasteiger partial charge in [-0.3, -0.25) is 4.79 Å². The largest absolute Gasteiger partial charge is 0.477 e. The van der Waals surface area contributed by atoms with E-state index in [1.54, 1.807) is 22.9 Å². The highest BCUT2D eigenvalue weighted by atomic mass is 32.1. The summed E-state index contributed by atoms with van der Waals surface area (Å²) >= 11 is 1.52. The van der Waals surface area contributed by atoms with Crippen LogP contribution in [0.15, 0.2) is 40.8 Å². The molecule has 0 unspecified atom stereocenters. The summed E-state index contributed by atoms with van der Waals surface area (Å²) in [4.78, 5) is 27.6. The number of nitrogens with zero attached hydrogens (tertiary/aromatic N) is 2. The van der Waals surface area contributed by atoms with Crippen molar-refractivity contribution in [2.45, 2.75) is 13.5 Å². The number of carbonyl (C=O) groups is 1. The number of hydrogen-bond acceptors (Lipinski definition) is 4. The van der Waals surface area contributed by atoms with Crippen LogP contribution in [0.2, 0.25) is 0 Å². The zero-order chi connectivity index (χ0) is 15.0. The molecule has 1 N–H and O–H groups in total. The van der Waals surface area contributed by atoms with Crippen LogP contribution in [0.4, 0.5) is 0 Å². The van der Waals surface area contributed by atoms with Gasteiger partial charge in [0.25, 0.3) is 0 Å². The molecule has 0 aliphatic heterocycles. The Kier molecular flexibility index (Phi) is 3.31. The molecule has 0 spiro atoms. The van der Waals surface area contributed by atoms with E-state index in [9.17, 15) is 9.59 Å². The van der Waals surface area contributed by atoms with E-state index in [1.165, 1.54) is 17.5 Å². The Bertz CT molecular complexity index is 882. The number of rotatable bonds is 3. The first-order valence-corrected chi connectivity index (χ1v) is 7.30. The quantitative estimate of drug-likeness (QED) is 0.807. The number of aromatic nitrogens is 2. The molecule has 0 bridgehead atoms. The molecule has 1 aromatic carbocycles.